The molecule has 0 saturated carbocycles. The Bertz CT molecular complexity index is 932. The largest absolute Gasteiger partial charge is 0.466 e. The van der Waals surface area contributed by atoms with E-state index in [1.54, 1.807) is 6.92 Å². The summed E-state index contributed by atoms with van der Waals surface area (Å²) in [6.45, 7) is 2.26. The first kappa shape index (κ1) is 20.5. The fourth-order valence-electron chi connectivity index (χ4n) is 3.73. The highest BCUT2D eigenvalue weighted by Crippen LogP contribution is 2.37. The Morgan fingerprint density at radius 3 is 2.61 bits per heavy atom. The quantitative estimate of drug-likeness (QED) is 0.691. The molecule has 0 aliphatic carbocycles. The van der Waals surface area contributed by atoms with E-state index in [0.717, 1.165) is 11.6 Å². The number of sulfonamides is 1. The van der Waals surface area contributed by atoms with Gasteiger partial charge in [-0.15, -0.1) is 0 Å². The van der Waals surface area contributed by atoms with Gasteiger partial charge in [0.05, 0.1) is 16.9 Å². The molecule has 2 aromatic rings. The standard InChI is InChI=1S/C21H24FNO4S/c1-2-27-20(24)21(15-17-8-4-3-5-9-17)12-7-13-23(16-21)28(25,26)19-11-6-10-18(22)14-19/h3-6,8-11,14H,2,7,12-13,15-16H2,1H3. The molecule has 1 atom stereocenters. The maximum absolute atomic E-state index is 13.6. The molecule has 1 unspecified atom stereocenters. The van der Waals surface area contributed by atoms with Crippen LogP contribution in [0.5, 0.6) is 0 Å². The van der Waals surface area contributed by atoms with Crippen molar-refractivity contribution in [2.75, 3.05) is 19.7 Å². The van der Waals surface area contributed by atoms with Crippen LogP contribution >= 0.6 is 0 Å². The number of halogens is 1. The van der Waals surface area contributed by atoms with Gasteiger partial charge in [0.25, 0.3) is 0 Å². The molecule has 2 aromatic carbocycles. The second-order valence-corrected chi connectivity index (χ2v) is 9.00. The number of rotatable bonds is 6. The van der Waals surface area contributed by atoms with Crippen molar-refractivity contribution in [2.24, 2.45) is 5.41 Å². The van der Waals surface area contributed by atoms with Crippen molar-refractivity contribution in [2.45, 2.75) is 31.1 Å². The maximum atomic E-state index is 13.6. The van der Waals surface area contributed by atoms with Gasteiger partial charge >= 0.3 is 5.97 Å². The second kappa shape index (κ2) is 8.41. The smallest absolute Gasteiger partial charge is 0.313 e. The molecule has 0 bridgehead atoms. The zero-order chi connectivity index (χ0) is 20.2. The van der Waals surface area contributed by atoms with Crippen LogP contribution in [0.3, 0.4) is 0 Å². The minimum Gasteiger partial charge on any atom is -0.466 e. The number of ether oxygens (including phenoxy) is 1. The van der Waals surface area contributed by atoms with Gasteiger partial charge in [-0.3, -0.25) is 4.79 Å². The van der Waals surface area contributed by atoms with Crippen molar-refractivity contribution in [1.29, 1.82) is 0 Å². The molecule has 1 aliphatic heterocycles. The van der Waals surface area contributed by atoms with Crippen LogP contribution in [0, 0.1) is 11.2 Å². The minimum atomic E-state index is -3.91. The number of benzene rings is 2. The van der Waals surface area contributed by atoms with Crippen LogP contribution in [0.2, 0.25) is 0 Å². The molecule has 5 nitrogen and oxygen atoms in total. The zero-order valence-electron chi connectivity index (χ0n) is 15.8. The maximum Gasteiger partial charge on any atom is 0.313 e. The first-order valence-electron chi connectivity index (χ1n) is 9.34. The Labute approximate surface area is 165 Å². The molecule has 28 heavy (non-hydrogen) atoms. The summed E-state index contributed by atoms with van der Waals surface area (Å²) in [5.74, 6) is -1.00. The van der Waals surface area contributed by atoms with Crippen molar-refractivity contribution in [1.82, 2.24) is 4.31 Å². The van der Waals surface area contributed by atoms with Crippen molar-refractivity contribution >= 4 is 16.0 Å². The van der Waals surface area contributed by atoms with E-state index in [1.807, 2.05) is 30.3 Å². The summed E-state index contributed by atoms with van der Waals surface area (Å²) in [5.41, 5.74) is -0.0173. The van der Waals surface area contributed by atoms with E-state index in [1.165, 1.54) is 22.5 Å². The van der Waals surface area contributed by atoms with Crippen LogP contribution in [0.1, 0.15) is 25.3 Å². The Morgan fingerprint density at radius 1 is 1.18 bits per heavy atom. The van der Waals surface area contributed by atoms with Gasteiger partial charge in [-0.25, -0.2) is 12.8 Å². The minimum absolute atomic E-state index is 0.0135. The summed E-state index contributed by atoms with van der Waals surface area (Å²) in [6.07, 6.45) is 1.46. The molecule has 0 spiro atoms. The van der Waals surface area contributed by atoms with E-state index in [0.29, 0.717) is 19.3 Å². The Kier molecular flexibility index (Phi) is 6.15. The lowest BCUT2D eigenvalue weighted by Gasteiger charge is -2.40. The molecule has 3 rings (SSSR count). The summed E-state index contributed by atoms with van der Waals surface area (Å²) in [7, 11) is -3.91. The lowest BCUT2D eigenvalue weighted by molar-refractivity contribution is -0.157. The molecule has 0 radical (unpaired) electrons. The second-order valence-electron chi connectivity index (χ2n) is 7.06. The first-order chi connectivity index (χ1) is 13.4. The predicted octanol–water partition coefficient (Wildman–Crippen LogP) is 3.40. The van der Waals surface area contributed by atoms with E-state index < -0.39 is 27.2 Å². The third-order valence-electron chi connectivity index (χ3n) is 5.07. The number of nitrogens with zero attached hydrogens (tertiary/aromatic N) is 1. The van der Waals surface area contributed by atoms with Crippen molar-refractivity contribution in [3.05, 3.63) is 66.0 Å². The molecular formula is C21H24FNO4S. The molecule has 7 heteroatoms. The Morgan fingerprint density at radius 2 is 1.93 bits per heavy atom. The van der Waals surface area contributed by atoms with Crippen molar-refractivity contribution < 1.29 is 22.3 Å². The van der Waals surface area contributed by atoms with Gasteiger partial charge in [-0.2, -0.15) is 4.31 Å². The van der Waals surface area contributed by atoms with Gasteiger partial charge in [0.2, 0.25) is 10.0 Å². The van der Waals surface area contributed by atoms with Crippen molar-refractivity contribution in [3.63, 3.8) is 0 Å². The Balaban J connectivity index is 1.94. The first-order valence-corrected chi connectivity index (χ1v) is 10.8. The van der Waals surface area contributed by atoms with Crippen LogP contribution in [-0.2, 0) is 26.0 Å². The van der Waals surface area contributed by atoms with E-state index >= 15 is 0 Å². The zero-order valence-corrected chi connectivity index (χ0v) is 16.6. The number of carbonyl (C=O) groups is 1. The van der Waals surface area contributed by atoms with Gasteiger partial charge in [0.1, 0.15) is 5.82 Å². The average Bonchev–Trinajstić information content (AvgIpc) is 2.69. The average molecular weight is 405 g/mol. The molecule has 0 amide bonds. The highest BCUT2D eigenvalue weighted by Gasteiger charge is 2.46. The highest BCUT2D eigenvalue weighted by molar-refractivity contribution is 7.89. The lowest BCUT2D eigenvalue weighted by atomic mass is 9.75. The van der Waals surface area contributed by atoms with E-state index in [9.17, 15) is 17.6 Å². The molecule has 1 fully saturated rings. The summed E-state index contributed by atoms with van der Waals surface area (Å²) < 4.78 is 46.3. The SMILES string of the molecule is CCOC(=O)C1(Cc2ccccc2)CCCN(S(=O)(=O)c2cccc(F)c2)C1. The number of carbonyl (C=O) groups excluding carboxylic acids is 1. The molecule has 1 saturated heterocycles. The van der Waals surface area contributed by atoms with Gasteiger partial charge in [-0.05, 0) is 49.9 Å². The van der Waals surface area contributed by atoms with Crippen LogP contribution in [0.4, 0.5) is 4.39 Å². The van der Waals surface area contributed by atoms with Gasteiger partial charge in [0, 0.05) is 13.1 Å². The van der Waals surface area contributed by atoms with E-state index in [-0.39, 0.29) is 24.6 Å². The van der Waals surface area contributed by atoms with Gasteiger partial charge in [-0.1, -0.05) is 36.4 Å². The molecule has 0 N–H and O–H groups in total. The summed E-state index contributed by atoms with van der Waals surface area (Å²) in [5, 5.41) is 0. The topological polar surface area (TPSA) is 63.7 Å². The fourth-order valence-corrected chi connectivity index (χ4v) is 5.32. The molecule has 0 aromatic heterocycles. The Hall–Kier alpha value is -2.25. The fraction of sp³-hybridized carbons (Fsp3) is 0.381. The summed E-state index contributed by atoms with van der Waals surface area (Å²) in [6, 6.07) is 14.5. The number of piperidine rings is 1. The molecule has 1 aliphatic rings. The van der Waals surface area contributed by atoms with Gasteiger partial charge in [0.15, 0.2) is 0 Å². The third kappa shape index (κ3) is 4.25. The molecular weight excluding hydrogens is 381 g/mol. The lowest BCUT2D eigenvalue weighted by Crippen LogP contribution is -2.51. The van der Waals surface area contributed by atoms with Crippen LogP contribution in [0.15, 0.2) is 59.5 Å². The predicted molar refractivity (Wildman–Crippen MR) is 104 cm³/mol. The normalized spacial score (nSPS) is 20.6. The van der Waals surface area contributed by atoms with E-state index in [4.69, 9.17) is 4.74 Å². The van der Waals surface area contributed by atoms with Crippen molar-refractivity contribution in [3.8, 4) is 0 Å². The van der Waals surface area contributed by atoms with Crippen LogP contribution in [-0.4, -0.2) is 38.4 Å². The monoisotopic (exact) mass is 405 g/mol. The van der Waals surface area contributed by atoms with Crippen LogP contribution in [0.25, 0.3) is 0 Å². The summed E-state index contributed by atoms with van der Waals surface area (Å²) in [4.78, 5) is 12.8. The van der Waals surface area contributed by atoms with Gasteiger partial charge < -0.3 is 4.74 Å². The van der Waals surface area contributed by atoms with E-state index in [2.05, 4.69) is 0 Å². The number of esters is 1. The molecule has 1 heterocycles. The molecule has 150 valence electrons. The summed E-state index contributed by atoms with van der Waals surface area (Å²) >= 11 is 0. The van der Waals surface area contributed by atoms with Crippen LogP contribution < -0.4 is 0 Å². The number of hydrogen-bond donors (Lipinski definition) is 0. The highest BCUT2D eigenvalue weighted by atomic mass is 32.2. The number of hydrogen-bond acceptors (Lipinski definition) is 4. The third-order valence-corrected chi connectivity index (χ3v) is 6.91.